The van der Waals surface area contributed by atoms with Crippen LogP contribution in [0.5, 0.6) is 0 Å². The molecule has 0 unspecified atom stereocenters. The number of carbonyl (C=O) groups is 1. The van der Waals surface area contributed by atoms with Crippen LogP contribution >= 0.6 is 0 Å². The maximum absolute atomic E-state index is 12.4. The van der Waals surface area contributed by atoms with Gasteiger partial charge in [-0.1, -0.05) is 37.5 Å². The summed E-state index contributed by atoms with van der Waals surface area (Å²) in [6, 6.07) is 14.0. The zero-order valence-corrected chi connectivity index (χ0v) is 20.4. The van der Waals surface area contributed by atoms with Crippen molar-refractivity contribution in [3.8, 4) is 5.69 Å². The molecule has 1 amide bonds. The van der Waals surface area contributed by atoms with Crippen LogP contribution in [0.15, 0.2) is 59.3 Å². The molecule has 8 nitrogen and oxygen atoms in total. The average molecular weight is 485 g/mol. The SMILES string of the molecule is O=C(NC1CCC(Nc2nc(C3CCCCC3)nc3c2cnn3-c2ccccc2)CC1)c1ccco1. The van der Waals surface area contributed by atoms with Crippen LogP contribution in [0.1, 0.15) is 80.1 Å². The fourth-order valence-electron chi connectivity index (χ4n) is 5.58. The predicted molar refractivity (Wildman–Crippen MR) is 138 cm³/mol. The van der Waals surface area contributed by atoms with Crippen molar-refractivity contribution < 1.29 is 9.21 Å². The topological polar surface area (TPSA) is 97.9 Å². The van der Waals surface area contributed by atoms with Gasteiger partial charge in [-0.15, -0.1) is 0 Å². The van der Waals surface area contributed by atoms with Crippen LogP contribution < -0.4 is 10.6 Å². The van der Waals surface area contributed by atoms with Crippen LogP contribution in [0.4, 0.5) is 5.82 Å². The van der Waals surface area contributed by atoms with E-state index in [1.165, 1.54) is 25.5 Å². The van der Waals surface area contributed by atoms with Crippen molar-refractivity contribution in [1.29, 1.82) is 0 Å². The van der Waals surface area contributed by atoms with Crippen LogP contribution in [0.3, 0.4) is 0 Å². The Morgan fingerprint density at radius 1 is 0.889 bits per heavy atom. The maximum atomic E-state index is 12.4. The molecule has 2 aliphatic carbocycles. The summed E-state index contributed by atoms with van der Waals surface area (Å²) < 4.78 is 7.15. The molecule has 1 aromatic carbocycles. The molecule has 8 heteroatoms. The van der Waals surface area contributed by atoms with Crippen molar-refractivity contribution in [1.82, 2.24) is 25.1 Å². The molecule has 2 aliphatic rings. The van der Waals surface area contributed by atoms with Crippen molar-refractivity contribution in [2.24, 2.45) is 0 Å². The Bertz CT molecular complexity index is 1300. The Morgan fingerprint density at radius 3 is 2.42 bits per heavy atom. The number of nitrogens with one attached hydrogen (secondary N) is 2. The molecule has 36 heavy (non-hydrogen) atoms. The number of benzene rings is 1. The lowest BCUT2D eigenvalue weighted by Gasteiger charge is -2.30. The molecule has 2 saturated carbocycles. The Hall–Kier alpha value is -3.68. The van der Waals surface area contributed by atoms with Gasteiger partial charge in [0.15, 0.2) is 11.4 Å². The first kappa shape index (κ1) is 22.8. The molecule has 0 radical (unpaired) electrons. The van der Waals surface area contributed by atoms with Gasteiger partial charge >= 0.3 is 0 Å². The van der Waals surface area contributed by atoms with E-state index in [1.54, 1.807) is 12.1 Å². The molecule has 2 fully saturated rings. The smallest absolute Gasteiger partial charge is 0.287 e. The summed E-state index contributed by atoms with van der Waals surface area (Å²) in [5.41, 5.74) is 1.86. The fourth-order valence-corrected chi connectivity index (χ4v) is 5.58. The highest BCUT2D eigenvalue weighted by Crippen LogP contribution is 2.34. The van der Waals surface area contributed by atoms with E-state index in [-0.39, 0.29) is 11.9 Å². The zero-order valence-electron chi connectivity index (χ0n) is 20.4. The van der Waals surface area contributed by atoms with E-state index in [4.69, 9.17) is 19.5 Å². The Kier molecular flexibility index (Phi) is 6.40. The Morgan fingerprint density at radius 2 is 1.67 bits per heavy atom. The number of para-hydroxylation sites is 1. The van der Waals surface area contributed by atoms with Crippen LogP contribution in [-0.2, 0) is 0 Å². The molecule has 3 heterocycles. The number of aromatic nitrogens is 4. The molecule has 4 aromatic rings. The second-order valence-corrected chi connectivity index (χ2v) is 10.0. The minimum atomic E-state index is -0.139. The van der Waals surface area contributed by atoms with Crippen molar-refractivity contribution in [3.05, 3.63) is 66.5 Å². The van der Waals surface area contributed by atoms with E-state index in [9.17, 15) is 4.79 Å². The maximum Gasteiger partial charge on any atom is 0.287 e. The second kappa shape index (κ2) is 10.1. The van der Waals surface area contributed by atoms with Gasteiger partial charge in [0.25, 0.3) is 5.91 Å². The molecule has 2 N–H and O–H groups in total. The molecule has 0 spiro atoms. The van der Waals surface area contributed by atoms with Gasteiger partial charge in [0, 0.05) is 18.0 Å². The van der Waals surface area contributed by atoms with Gasteiger partial charge in [0.05, 0.1) is 23.5 Å². The van der Waals surface area contributed by atoms with Gasteiger partial charge in [-0.25, -0.2) is 14.6 Å². The first-order valence-electron chi connectivity index (χ1n) is 13.2. The molecule has 186 valence electrons. The number of carbonyl (C=O) groups excluding carboxylic acids is 1. The second-order valence-electron chi connectivity index (χ2n) is 10.0. The third kappa shape index (κ3) is 4.72. The van der Waals surface area contributed by atoms with Gasteiger partial charge in [0.2, 0.25) is 0 Å². The van der Waals surface area contributed by atoms with Crippen molar-refractivity contribution in [2.75, 3.05) is 5.32 Å². The van der Waals surface area contributed by atoms with Gasteiger partial charge in [-0.2, -0.15) is 5.10 Å². The first-order chi connectivity index (χ1) is 17.7. The largest absolute Gasteiger partial charge is 0.459 e. The number of hydrogen-bond acceptors (Lipinski definition) is 6. The number of furan rings is 1. The highest BCUT2D eigenvalue weighted by Gasteiger charge is 2.26. The highest BCUT2D eigenvalue weighted by atomic mass is 16.3. The fraction of sp³-hybridized carbons (Fsp3) is 0.429. The van der Waals surface area contributed by atoms with Gasteiger partial charge < -0.3 is 15.1 Å². The highest BCUT2D eigenvalue weighted by molar-refractivity contribution is 5.91. The van der Waals surface area contributed by atoms with Crippen LogP contribution in [0.25, 0.3) is 16.7 Å². The van der Waals surface area contributed by atoms with E-state index < -0.39 is 0 Å². The molecular formula is C28H32N6O2. The first-order valence-corrected chi connectivity index (χ1v) is 13.2. The summed E-state index contributed by atoms with van der Waals surface area (Å²) >= 11 is 0. The predicted octanol–water partition coefficient (Wildman–Crippen LogP) is 5.61. The summed E-state index contributed by atoms with van der Waals surface area (Å²) in [7, 11) is 0. The van der Waals surface area contributed by atoms with E-state index >= 15 is 0 Å². The van der Waals surface area contributed by atoms with Gasteiger partial charge in [0.1, 0.15) is 11.6 Å². The Labute approximate surface area is 210 Å². The zero-order chi connectivity index (χ0) is 24.3. The van der Waals surface area contributed by atoms with E-state index in [2.05, 4.69) is 22.8 Å². The molecule has 3 aromatic heterocycles. The minimum Gasteiger partial charge on any atom is -0.459 e. The lowest BCUT2D eigenvalue weighted by Crippen LogP contribution is -2.40. The third-order valence-electron chi connectivity index (χ3n) is 7.57. The lowest BCUT2D eigenvalue weighted by atomic mass is 9.88. The number of rotatable bonds is 6. The Balaban J connectivity index is 1.22. The van der Waals surface area contributed by atoms with Gasteiger partial charge in [-0.3, -0.25) is 4.79 Å². The monoisotopic (exact) mass is 484 g/mol. The van der Waals surface area contributed by atoms with E-state index in [1.807, 2.05) is 29.1 Å². The van der Waals surface area contributed by atoms with Crippen molar-refractivity contribution in [2.45, 2.75) is 75.8 Å². The summed E-state index contributed by atoms with van der Waals surface area (Å²) in [5, 5.41) is 12.5. The number of amides is 1. The van der Waals surface area contributed by atoms with Gasteiger partial charge in [-0.05, 0) is 62.8 Å². The minimum absolute atomic E-state index is 0.139. The number of anilines is 1. The summed E-state index contributed by atoms with van der Waals surface area (Å²) in [6.07, 6.45) is 13.2. The third-order valence-corrected chi connectivity index (χ3v) is 7.57. The molecule has 6 rings (SSSR count). The lowest BCUT2D eigenvalue weighted by molar-refractivity contribution is 0.0898. The summed E-state index contributed by atoms with van der Waals surface area (Å²) in [6.45, 7) is 0. The molecule has 0 saturated heterocycles. The number of nitrogens with zero attached hydrogens (tertiary/aromatic N) is 4. The van der Waals surface area contributed by atoms with Crippen LogP contribution in [-0.4, -0.2) is 37.7 Å². The van der Waals surface area contributed by atoms with Crippen LogP contribution in [0, 0.1) is 0 Å². The average Bonchev–Trinajstić information content (AvgIpc) is 3.62. The summed E-state index contributed by atoms with van der Waals surface area (Å²) in [4.78, 5) is 22.5. The molecular weight excluding hydrogens is 452 g/mol. The molecule has 0 bridgehead atoms. The normalized spacial score (nSPS) is 20.9. The van der Waals surface area contributed by atoms with Crippen molar-refractivity contribution >= 4 is 22.8 Å². The standard InChI is InChI=1S/C28H32N6O2/c35-28(24-12-7-17-36-24)31-21-15-13-20(14-16-21)30-26-23-18-29-34(22-10-5-2-6-11-22)27(23)33-25(32-26)19-8-3-1-4-9-19/h2,5-7,10-12,17-21H,1,3-4,8-9,13-16H2,(H,31,35)(H,30,32,33). The summed E-state index contributed by atoms with van der Waals surface area (Å²) in [5.74, 6) is 2.44. The van der Waals surface area contributed by atoms with Crippen molar-refractivity contribution in [3.63, 3.8) is 0 Å². The number of fused-ring (bicyclic) bond motifs is 1. The molecule has 0 aliphatic heterocycles. The molecule has 0 atom stereocenters. The van der Waals surface area contributed by atoms with E-state index in [0.29, 0.717) is 17.7 Å². The van der Waals surface area contributed by atoms with E-state index in [0.717, 1.165) is 66.9 Å². The quantitative estimate of drug-likeness (QED) is 0.369. The number of hydrogen-bond donors (Lipinski definition) is 2. The van der Waals surface area contributed by atoms with Crippen LogP contribution in [0.2, 0.25) is 0 Å².